The Labute approximate surface area is 78.8 Å². The molecule has 0 unspecified atom stereocenters. The third-order valence-electron chi connectivity index (χ3n) is 1.87. The van der Waals surface area contributed by atoms with Gasteiger partial charge in [-0.25, -0.2) is 4.79 Å². The molecule has 0 aliphatic heterocycles. The second-order valence-electron chi connectivity index (χ2n) is 2.77. The zero-order chi connectivity index (χ0) is 10.1. The van der Waals surface area contributed by atoms with Crippen LogP contribution in [0.1, 0.15) is 10.4 Å². The molecule has 0 spiro atoms. The van der Waals surface area contributed by atoms with Crippen LogP contribution >= 0.6 is 0 Å². The Hall–Kier alpha value is -2.17. The van der Waals surface area contributed by atoms with Crippen molar-refractivity contribution in [3.8, 4) is 0 Å². The number of nitrogens with zero attached hydrogens (tertiary/aromatic N) is 2. The molecule has 0 atom stereocenters. The van der Waals surface area contributed by atoms with Crippen LogP contribution in [0.4, 0.5) is 0 Å². The Kier molecular flexibility index (Phi) is 1.78. The normalized spacial score (nSPS) is 10.3. The molecule has 1 aromatic heterocycles. The summed E-state index contributed by atoms with van der Waals surface area (Å²) in [6.07, 6.45) is 0.949. The van der Waals surface area contributed by atoms with Crippen LogP contribution in [0.3, 0.4) is 0 Å². The summed E-state index contributed by atoms with van der Waals surface area (Å²) < 4.78 is 0. The molecule has 0 saturated carbocycles. The van der Waals surface area contributed by atoms with Gasteiger partial charge in [-0.2, -0.15) is 0 Å². The average Bonchev–Trinajstić information content (AvgIpc) is 2.16. The summed E-state index contributed by atoms with van der Waals surface area (Å²) >= 11 is 0. The number of aromatic nitrogens is 2. The van der Waals surface area contributed by atoms with Crippen molar-refractivity contribution < 1.29 is 14.7 Å². The first-order chi connectivity index (χ1) is 6.68. The summed E-state index contributed by atoms with van der Waals surface area (Å²) in [5.41, 5.74) is 0.341. The number of fused-ring (bicyclic) bond motifs is 1. The standard InChI is InChI=1S/C9H6N2O3/c12-9(13)7-5-11(14)10-8-4-2-1-3-6(7)8/h1-5H,(H,12,13). The smallest absolute Gasteiger partial charge is 0.342 e. The highest BCUT2D eigenvalue weighted by Gasteiger charge is 2.13. The number of carboxylic acid groups (broad SMARTS) is 1. The summed E-state index contributed by atoms with van der Waals surface area (Å²) in [5.74, 6) is -1.13. The van der Waals surface area contributed by atoms with Crippen molar-refractivity contribution in [2.45, 2.75) is 0 Å². The number of benzene rings is 1. The second kappa shape index (κ2) is 2.95. The molecule has 0 bridgehead atoms. The van der Waals surface area contributed by atoms with Crippen molar-refractivity contribution in [2.24, 2.45) is 0 Å². The van der Waals surface area contributed by atoms with Crippen molar-refractivity contribution in [2.75, 3.05) is 0 Å². The maximum absolute atomic E-state index is 11.0. The molecule has 0 fully saturated rings. The number of aromatic carboxylic acids is 1. The van der Waals surface area contributed by atoms with Crippen molar-refractivity contribution >= 4 is 16.9 Å². The van der Waals surface area contributed by atoms with Crippen molar-refractivity contribution in [3.05, 3.63) is 41.2 Å². The van der Waals surface area contributed by atoms with Crippen LogP contribution in [0.15, 0.2) is 30.5 Å². The van der Waals surface area contributed by atoms with Crippen LogP contribution < -0.4 is 4.85 Å². The average molecular weight is 190 g/mol. The highest BCUT2D eigenvalue weighted by molar-refractivity contribution is 6.01. The Morgan fingerprint density at radius 1 is 1.43 bits per heavy atom. The third-order valence-corrected chi connectivity index (χ3v) is 1.87. The lowest BCUT2D eigenvalue weighted by Crippen LogP contribution is -2.31. The lowest BCUT2D eigenvalue weighted by Gasteiger charge is -1.99. The van der Waals surface area contributed by atoms with E-state index in [0.29, 0.717) is 10.9 Å². The van der Waals surface area contributed by atoms with Gasteiger partial charge in [-0.15, -0.1) is 0 Å². The number of hydrogen-bond acceptors (Lipinski definition) is 3. The summed E-state index contributed by atoms with van der Waals surface area (Å²) in [6.45, 7) is 0. The molecule has 1 aromatic carbocycles. The van der Waals surface area contributed by atoms with Gasteiger partial charge in [0.2, 0.25) is 6.20 Å². The fourth-order valence-electron chi connectivity index (χ4n) is 1.27. The van der Waals surface area contributed by atoms with Crippen LogP contribution in [0.25, 0.3) is 10.9 Å². The van der Waals surface area contributed by atoms with Crippen LogP contribution in [0.2, 0.25) is 0 Å². The van der Waals surface area contributed by atoms with E-state index in [9.17, 15) is 10.0 Å². The molecule has 5 nitrogen and oxygen atoms in total. The minimum Gasteiger partial charge on any atom is -0.594 e. The summed E-state index contributed by atoms with van der Waals surface area (Å²) in [4.78, 5) is 11.0. The van der Waals surface area contributed by atoms with E-state index in [1.165, 1.54) is 0 Å². The number of carboxylic acids is 1. The first-order valence-electron chi connectivity index (χ1n) is 3.91. The third kappa shape index (κ3) is 1.24. The largest absolute Gasteiger partial charge is 0.594 e. The van der Waals surface area contributed by atoms with Crippen molar-refractivity contribution in [3.63, 3.8) is 0 Å². The van der Waals surface area contributed by atoms with Gasteiger partial charge < -0.3 is 10.3 Å². The quantitative estimate of drug-likeness (QED) is 0.526. The lowest BCUT2D eigenvalue weighted by atomic mass is 10.1. The zero-order valence-electron chi connectivity index (χ0n) is 7.04. The molecule has 2 rings (SSSR count). The van der Waals surface area contributed by atoms with Gasteiger partial charge in [0.1, 0.15) is 11.1 Å². The monoisotopic (exact) mass is 190 g/mol. The molecule has 14 heavy (non-hydrogen) atoms. The van der Waals surface area contributed by atoms with E-state index in [4.69, 9.17) is 5.11 Å². The molecule has 0 aliphatic carbocycles. The first kappa shape index (κ1) is 8.43. The molecule has 0 saturated heterocycles. The predicted molar refractivity (Wildman–Crippen MR) is 47.7 cm³/mol. The van der Waals surface area contributed by atoms with E-state index < -0.39 is 5.97 Å². The van der Waals surface area contributed by atoms with Gasteiger partial charge in [0.25, 0.3) is 0 Å². The van der Waals surface area contributed by atoms with Gasteiger partial charge in [-0.05, 0) is 6.07 Å². The van der Waals surface area contributed by atoms with Crippen LogP contribution in [0, 0.1) is 5.21 Å². The highest BCUT2D eigenvalue weighted by Crippen LogP contribution is 2.13. The highest BCUT2D eigenvalue weighted by atomic mass is 16.5. The fourth-order valence-corrected chi connectivity index (χ4v) is 1.27. The Balaban J connectivity index is 2.87. The molecule has 0 aliphatic rings. The fraction of sp³-hybridized carbons (Fsp3) is 0. The van der Waals surface area contributed by atoms with Gasteiger partial charge in [-0.1, -0.05) is 23.0 Å². The van der Waals surface area contributed by atoms with E-state index in [1.807, 2.05) is 0 Å². The van der Waals surface area contributed by atoms with E-state index >= 15 is 0 Å². The summed E-state index contributed by atoms with van der Waals surface area (Å²) in [7, 11) is 0. The van der Waals surface area contributed by atoms with E-state index in [-0.39, 0.29) is 10.4 Å². The molecule has 0 amide bonds. The lowest BCUT2D eigenvalue weighted by molar-refractivity contribution is -0.666. The van der Waals surface area contributed by atoms with Gasteiger partial charge >= 0.3 is 5.97 Å². The summed E-state index contributed by atoms with van der Waals surface area (Å²) in [5, 5.41) is 23.9. The maximum atomic E-state index is 11.0. The first-order valence-corrected chi connectivity index (χ1v) is 3.91. The minimum absolute atomic E-state index is 0.0365. The van der Waals surface area contributed by atoms with Gasteiger partial charge in [0.15, 0.2) is 0 Å². The summed E-state index contributed by atoms with van der Waals surface area (Å²) in [6, 6.07) is 6.61. The Morgan fingerprint density at radius 2 is 2.14 bits per heavy atom. The molecule has 1 heterocycles. The molecule has 5 heteroatoms. The van der Waals surface area contributed by atoms with Crippen molar-refractivity contribution in [1.29, 1.82) is 0 Å². The number of carbonyl (C=O) groups is 1. The predicted octanol–water partition coefficient (Wildman–Crippen LogP) is 0.566. The van der Waals surface area contributed by atoms with Crippen LogP contribution in [0.5, 0.6) is 0 Å². The van der Waals surface area contributed by atoms with E-state index in [1.54, 1.807) is 24.3 Å². The topological polar surface area (TPSA) is 77.1 Å². The van der Waals surface area contributed by atoms with Gasteiger partial charge in [0, 0.05) is 10.5 Å². The molecule has 70 valence electrons. The van der Waals surface area contributed by atoms with E-state index in [0.717, 1.165) is 6.20 Å². The molecule has 2 aromatic rings. The van der Waals surface area contributed by atoms with Gasteiger partial charge in [0.05, 0.1) is 0 Å². The molecule has 0 radical (unpaired) electrons. The molecular formula is C9H6N2O3. The molecular weight excluding hydrogens is 184 g/mol. The Morgan fingerprint density at radius 3 is 2.86 bits per heavy atom. The second-order valence-corrected chi connectivity index (χ2v) is 2.77. The number of rotatable bonds is 1. The number of hydrogen-bond donors (Lipinski definition) is 1. The Bertz CT molecular complexity index is 510. The zero-order valence-corrected chi connectivity index (χ0v) is 7.04. The van der Waals surface area contributed by atoms with Gasteiger partial charge in [-0.3, -0.25) is 0 Å². The SMILES string of the molecule is O=C(O)c1c[n+]([O-])nc2ccccc12. The van der Waals surface area contributed by atoms with Crippen molar-refractivity contribution in [1.82, 2.24) is 5.10 Å². The minimum atomic E-state index is -1.13. The van der Waals surface area contributed by atoms with Crippen LogP contribution in [-0.4, -0.2) is 16.2 Å². The van der Waals surface area contributed by atoms with E-state index in [2.05, 4.69) is 5.10 Å². The van der Waals surface area contributed by atoms with Crippen LogP contribution in [-0.2, 0) is 0 Å². The maximum Gasteiger partial charge on any atom is 0.342 e. The molecule has 1 N–H and O–H groups in total.